The normalized spacial score (nSPS) is 13.6. The van der Waals surface area contributed by atoms with Crippen molar-refractivity contribution in [1.29, 1.82) is 0 Å². The number of nitrogens with one attached hydrogen (secondary N) is 1. The molecule has 0 aromatic heterocycles. The highest BCUT2D eigenvalue weighted by Crippen LogP contribution is 2.11. The van der Waals surface area contributed by atoms with Crippen LogP contribution in [-0.2, 0) is 16.6 Å². The molecule has 96 valence electrons. The van der Waals surface area contributed by atoms with E-state index in [0.29, 0.717) is 10.9 Å². The molecular formula is C11H15Cl2NO2S. The lowest BCUT2D eigenvalue weighted by molar-refractivity contribution is 0.568. The van der Waals surface area contributed by atoms with Gasteiger partial charge in [-0.1, -0.05) is 30.7 Å². The molecule has 0 aliphatic carbocycles. The van der Waals surface area contributed by atoms with Crippen molar-refractivity contribution in [2.45, 2.75) is 13.5 Å². The Morgan fingerprint density at radius 3 is 2.71 bits per heavy atom. The molecule has 0 heterocycles. The maximum atomic E-state index is 11.7. The largest absolute Gasteiger partial charge is 0.212 e. The topological polar surface area (TPSA) is 46.2 Å². The molecule has 6 heteroatoms. The summed E-state index contributed by atoms with van der Waals surface area (Å²) in [5.74, 6) is 0.309. The van der Waals surface area contributed by atoms with E-state index in [1.807, 2.05) is 6.07 Å². The van der Waals surface area contributed by atoms with Gasteiger partial charge in [0.05, 0.1) is 5.75 Å². The van der Waals surface area contributed by atoms with Crippen molar-refractivity contribution in [3.8, 4) is 0 Å². The van der Waals surface area contributed by atoms with Crippen molar-refractivity contribution < 1.29 is 8.42 Å². The second kappa shape index (κ2) is 6.59. The Morgan fingerprint density at radius 2 is 2.12 bits per heavy atom. The summed E-state index contributed by atoms with van der Waals surface area (Å²) in [6, 6.07) is 7.08. The smallest absolute Gasteiger partial charge is 0.212 e. The van der Waals surface area contributed by atoms with Crippen molar-refractivity contribution in [3.05, 3.63) is 34.9 Å². The van der Waals surface area contributed by atoms with Gasteiger partial charge in [0.25, 0.3) is 0 Å². The summed E-state index contributed by atoms with van der Waals surface area (Å²) in [6.45, 7) is 2.05. The molecule has 0 radical (unpaired) electrons. The van der Waals surface area contributed by atoms with Crippen LogP contribution < -0.4 is 4.72 Å². The van der Waals surface area contributed by atoms with E-state index in [4.69, 9.17) is 23.2 Å². The molecule has 1 aromatic carbocycles. The highest BCUT2D eigenvalue weighted by atomic mass is 35.5. The van der Waals surface area contributed by atoms with Crippen LogP contribution in [0.1, 0.15) is 12.5 Å². The molecule has 0 aliphatic heterocycles. The van der Waals surface area contributed by atoms with Crippen LogP contribution in [0.2, 0.25) is 5.02 Å². The molecule has 0 saturated heterocycles. The standard InChI is InChI=1S/C11H15Cl2NO2S/c1-9(6-12)8-17(15,16)14-7-10-3-2-4-11(13)5-10/h2-5,9,14H,6-8H2,1H3. The molecule has 3 nitrogen and oxygen atoms in total. The zero-order chi connectivity index (χ0) is 12.9. The summed E-state index contributed by atoms with van der Waals surface area (Å²) in [4.78, 5) is 0. The van der Waals surface area contributed by atoms with Gasteiger partial charge >= 0.3 is 0 Å². The predicted molar refractivity (Wildman–Crippen MR) is 72.0 cm³/mol. The minimum absolute atomic E-state index is 0.0388. The van der Waals surface area contributed by atoms with Crippen LogP contribution in [0.4, 0.5) is 0 Å². The average Bonchev–Trinajstić information content (AvgIpc) is 2.26. The fourth-order valence-electron chi connectivity index (χ4n) is 1.32. The number of hydrogen-bond donors (Lipinski definition) is 1. The van der Waals surface area contributed by atoms with E-state index in [2.05, 4.69) is 4.72 Å². The second-order valence-corrected chi connectivity index (χ2v) is 6.59. The Kier molecular flexibility index (Phi) is 5.73. The van der Waals surface area contributed by atoms with E-state index < -0.39 is 10.0 Å². The van der Waals surface area contributed by atoms with Crippen LogP contribution in [0.3, 0.4) is 0 Å². The fourth-order valence-corrected chi connectivity index (χ4v) is 3.14. The van der Waals surface area contributed by atoms with Crippen LogP contribution in [0.15, 0.2) is 24.3 Å². The monoisotopic (exact) mass is 295 g/mol. The molecule has 1 unspecified atom stereocenters. The molecule has 1 atom stereocenters. The Balaban J connectivity index is 2.55. The van der Waals surface area contributed by atoms with Gasteiger partial charge in [-0.3, -0.25) is 0 Å². The molecule has 0 saturated carbocycles. The van der Waals surface area contributed by atoms with E-state index in [-0.39, 0.29) is 18.2 Å². The Bertz CT molecular complexity index is 462. The van der Waals surface area contributed by atoms with Gasteiger partial charge in [0.15, 0.2) is 0 Å². The number of hydrogen-bond acceptors (Lipinski definition) is 2. The highest BCUT2D eigenvalue weighted by Gasteiger charge is 2.14. The first-order valence-corrected chi connectivity index (χ1v) is 7.77. The molecule has 17 heavy (non-hydrogen) atoms. The van der Waals surface area contributed by atoms with Crippen LogP contribution >= 0.6 is 23.2 Å². The first-order chi connectivity index (χ1) is 7.93. The van der Waals surface area contributed by atoms with E-state index >= 15 is 0 Å². The van der Waals surface area contributed by atoms with E-state index in [1.165, 1.54) is 0 Å². The lowest BCUT2D eigenvalue weighted by atomic mass is 10.2. The molecule has 1 aromatic rings. The number of alkyl halides is 1. The SMILES string of the molecule is CC(CCl)CS(=O)(=O)NCc1cccc(Cl)c1. The van der Waals surface area contributed by atoms with Crippen LogP contribution in [0.5, 0.6) is 0 Å². The Labute approximate surface area is 112 Å². The van der Waals surface area contributed by atoms with Crippen molar-refractivity contribution in [2.75, 3.05) is 11.6 Å². The van der Waals surface area contributed by atoms with Crippen molar-refractivity contribution >= 4 is 33.2 Å². The van der Waals surface area contributed by atoms with Crippen LogP contribution in [0, 0.1) is 5.92 Å². The zero-order valence-electron chi connectivity index (χ0n) is 9.49. The Hall–Kier alpha value is -0.290. The molecule has 1 rings (SSSR count). The molecule has 0 spiro atoms. The molecular weight excluding hydrogens is 281 g/mol. The predicted octanol–water partition coefficient (Wildman–Crippen LogP) is 2.63. The average molecular weight is 296 g/mol. The van der Waals surface area contributed by atoms with Gasteiger partial charge in [-0.2, -0.15) is 0 Å². The molecule has 1 N–H and O–H groups in total. The van der Waals surface area contributed by atoms with Gasteiger partial charge in [0.2, 0.25) is 10.0 Å². The summed E-state index contributed by atoms with van der Waals surface area (Å²) in [6.07, 6.45) is 0. The van der Waals surface area contributed by atoms with Crippen molar-refractivity contribution in [2.24, 2.45) is 5.92 Å². The summed E-state index contributed by atoms with van der Waals surface area (Å²) in [5.41, 5.74) is 0.833. The maximum absolute atomic E-state index is 11.7. The molecule has 0 bridgehead atoms. The molecule has 0 fully saturated rings. The van der Waals surface area contributed by atoms with Crippen molar-refractivity contribution in [1.82, 2.24) is 4.72 Å². The van der Waals surface area contributed by atoms with E-state index in [0.717, 1.165) is 5.56 Å². The lowest BCUT2D eigenvalue weighted by Crippen LogP contribution is -2.29. The first-order valence-electron chi connectivity index (χ1n) is 5.20. The number of rotatable bonds is 6. The van der Waals surface area contributed by atoms with Crippen molar-refractivity contribution in [3.63, 3.8) is 0 Å². The third-order valence-electron chi connectivity index (χ3n) is 2.15. The number of benzene rings is 1. The Morgan fingerprint density at radius 1 is 1.41 bits per heavy atom. The highest BCUT2D eigenvalue weighted by molar-refractivity contribution is 7.89. The first kappa shape index (κ1) is 14.8. The maximum Gasteiger partial charge on any atom is 0.212 e. The van der Waals surface area contributed by atoms with Gasteiger partial charge in [-0.15, -0.1) is 11.6 Å². The van der Waals surface area contributed by atoms with Gasteiger partial charge < -0.3 is 0 Å². The van der Waals surface area contributed by atoms with Gasteiger partial charge in [0, 0.05) is 17.4 Å². The summed E-state index contributed by atoms with van der Waals surface area (Å²) in [7, 11) is -3.28. The van der Waals surface area contributed by atoms with Gasteiger partial charge in [-0.05, 0) is 23.6 Å². The summed E-state index contributed by atoms with van der Waals surface area (Å²) in [5, 5.41) is 0.593. The summed E-state index contributed by atoms with van der Waals surface area (Å²) >= 11 is 11.4. The summed E-state index contributed by atoms with van der Waals surface area (Å²) < 4.78 is 25.8. The van der Waals surface area contributed by atoms with Crippen LogP contribution in [0.25, 0.3) is 0 Å². The lowest BCUT2D eigenvalue weighted by Gasteiger charge is -2.10. The fraction of sp³-hybridized carbons (Fsp3) is 0.455. The zero-order valence-corrected chi connectivity index (χ0v) is 11.8. The third kappa shape index (κ3) is 5.73. The molecule has 0 aliphatic rings. The van der Waals surface area contributed by atoms with Gasteiger partial charge in [0.1, 0.15) is 0 Å². The second-order valence-electron chi connectivity index (χ2n) is 3.99. The van der Waals surface area contributed by atoms with Gasteiger partial charge in [-0.25, -0.2) is 13.1 Å². The van der Waals surface area contributed by atoms with E-state index in [1.54, 1.807) is 25.1 Å². The minimum Gasteiger partial charge on any atom is -0.212 e. The third-order valence-corrected chi connectivity index (χ3v) is 4.51. The minimum atomic E-state index is -3.28. The van der Waals surface area contributed by atoms with Crippen LogP contribution in [-0.4, -0.2) is 20.1 Å². The number of sulfonamides is 1. The van der Waals surface area contributed by atoms with E-state index in [9.17, 15) is 8.42 Å². The quantitative estimate of drug-likeness (QED) is 0.820. The number of halogens is 2. The molecule has 0 amide bonds.